The summed E-state index contributed by atoms with van der Waals surface area (Å²) in [5.74, 6) is -0.129. The highest BCUT2D eigenvalue weighted by Gasteiger charge is 2.15. The van der Waals surface area contributed by atoms with Crippen LogP contribution in [0, 0.1) is 0 Å². The van der Waals surface area contributed by atoms with Crippen LogP contribution in [-0.2, 0) is 0 Å². The number of aromatic amines is 1. The van der Waals surface area contributed by atoms with Crippen LogP contribution in [0.3, 0.4) is 0 Å². The molecule has 0 spiro atoms. The van der Waals surface area contributed by atoms with Gasteiger partial charge in [0.05, 0.1) is 4.88 Å². The first-order valence-corrected chi connectivity index (χ1v) is 6.55. The van der Waals surface area contributed by atoms with Crippen molar-refractivity contribution in [3.63, 3.8) is 0 Å². The number of hydrogen-bond acceptors (Lipinski definition) is 3. The summed E-state index contributed by atoms with van der Waals surface area (Å²) < 4.78 is 0. The Balaban J connectivity index is 1.87. The molecule has 2 aromatic rings. The molecule has 0 aliphatic heterocycles. The molecular weight excluding hydrogens is 248 g/mol. The molecule has 2 N–H and O–H groups in total. The number of carbonyl (C=O) groups excluding carboxylic acids is 2. The second-order valence-electron chi connectivity index (χ2n) is 4.06. The zero-order valence-corrected chi connectivity index (χ0v) is 10.8. The van der Waals surface area contributed by atoms with Gasteiger partial charge in [-0.2, -0.15) is 0 Å². The van der Waals surface area contributed by atoms with E-state index in [4.69, 9.17) is 0 Å². The molecule has 18 heavy (non-hydrogen) atoms. The van der Waals surface area contributed by atoms with Gasteiger partial charge in [0.1, 0.15) is 5.69 Å². The van der Waals surface area contributed by atoms with Crippen molar-refractivity contribution in [3.05, 3.63) is 46.4 Å². The number of hydrogen-bond donors (Lipinski definition) is 2. The minimum absolute atomic E-state index is 0.0595. The second kappa shape index (κ2) is 5.64. The molecule has 94 valence electrons. The van der Waals surface area contributed by atoms with E-state index in [2.05, 4.69) is 10.3 Å². The summed E-state index contributed by atoms with van der Waals surface area (Å²) in [7, 11) is 0. The Labute approximate surface area is 109 Å². The van der Waals surface area contributed by atoms with Crippen molar-refractivity contribution >= 4 is 23.0 Å². The van der Waals surface area contributed by atoms with Crippen LogP contribution in [0.2, 0.25) is 0 Å². The highest BCUT2D eigenvalue weighted by atomic mass is 32.1. The van der Waals surface area contributed by atoms with Gasteiger partial charge < -0.3 is 10.3 Å². The predicted molar refractivity (Wildman–Crippen MR) is 71.0 cm³/mol. The summed E-state index contributed by atoms with van der Waals surface area (Å²) in [5, 5.41) is 4.66. The van der Waals surface area contributed by atoms with Crippen molar-refractivity contribution in [1.82, 2.24) is 10.3 Å². The average molecular weight is 262 g/mol. The highest BCUT2D eigenvalue weighted by molar-refractivity contribution is 7.12. The molecule has 4 nitrogen and oxygen atoms in total. The van der Waals surface area contributed by atoms with Crippen LogP contribution in [0.4, 0.5) is 0 Å². The third-order valence-electron chi connectivity index (χ3n) is 2.51. The molecule has 0 saturated carbocycles. The molecule has 0 unspecified atom stereocenters. The number of thiophene rings is 1. The standard InChI is InChI=1S/C13H14N2O2S/c1-9(8-11(16)12-5-3-7-18-12)15-13(17)10-4-2-6-14-10/h2-7,9,14H,8H2,1H3,(H,15,17)/t9-/m0/s1. The topological polar surface area (TPSA) is 62.0 Å². The summed E-state index contributed by atoms with van der Waals surface area (Å²) in [5.41, 5.74) is 0.505. The number of amides is 1. The molecule has 0 aliphatic carbocycles. The number of H-pyrrole nitrogens is 1. The summed E-state index contributed by atoms with van der Waals surface area (Å²) >= 11 is 1.42. The Hall–Kier alpha value is -1.88. The quantitative estimate of drug-likeness (QED) is 0.813. The number of Topliss-reactive ketones (excluding diaryl/α,β-unsaturated/α-hetero) is 1. The molecule has 2 aromatic heterocycles. The van der Waals surface area contributed by atoms with Crippen molar-refractivity contribution in [1.29, 1.82) is 0 Å². The van der Waals surface area contributed by atoms with E-state index < -0.39 is 0 Å². The van der Waals surface area contributed by atoms with Gasteiger partial charge in [-0.15, -0.1) is 11.3 Å². The fraction of sp³-hybridized carbons (Fsp3) is 0.231. The molecule has 0 saturated heterocycles. The van der Waals surface area contributed by atoms with Crippen LogP contribution >= 0.6 is 11.3 Å². The molecule has 1 amide bonds. The second-order valence-corrected chi connectivity index (χ2v) is 5.01. The number of rotatable bonds is 5. The molecule has 0 aliphatic rings. The van der Waals surface area contributed by atoms with E-state index in [-0.39, 0.29) is 17.7 Å². The minimum atomic E-state index is -0.188. The fourth-order valence-electron chi connectivity index (χ4n) is 1.64. The van der Waals surface area contributed by atoms with Gasteiger partial charge >= 0.3 is 0 Å². The van der Waals surface area contributed by atoms with Crippen molar-refractivity contribution in [2.75, 3.05) is 0 Å². The molecule has 5 heteroatoms. The minimum Gasteiger partial charge on any atom is -0.357 e. The van der Waals surface area contributed by atoms with E-state index >= 15 is 0 Å². The van der Waals surface area contributed by atoms with E-state index in [0.717, 1.165) is 4.88 Å². The van der Waals surface area contributed by atoms with Crippen LogP contribution in [-0.4, -0.2) is 22.7 Å². The summed E-state index contributed by atoms with van der Waals surface area (Å²) in [6, 6.07) is 6.92. The largest absolute Gasteiger partial charge is 0.357 e. The zero-order chi connectivity index (χ0) is 13.0. The Morgan fingerprint density at radius 2 is 2.22 bits per heavy atom. The third-order valence-corrected chi connectivity index (χ3v) is 3.42. The van der Waals surface area contributed by atoms with Crippen molar-refractivity contribution in [2.24, 2.45) is 0 Å². The molecule has 0 radical (unpaired) electrons. The van der Waals surface area contributed by atoms with Crippen LogP contribution in [0.25, 0.3) is 0 Å². The zero-order valence-electron chi connectivity index (χ0n) is 9.97. The first-order chi connectivity index (χ1) is 8.66. The van der Waals surface area contributed by atoms with Crippen LogP contribution < -0.4 is 5.32 Å². The Morgan fingerprint density at radius 1 is 1.39 bits per heavy atom. The molecule has 2 heterocycles. The van der Waals surface area contributed by atoms with E-state index in [0.29, 0.717) is 12.1 Å². The van der Waals surface area contributed by atoms with E-state index in [1.165, 1.54) is 11.3 Å². The molecule has 0 bridgehead atoms. The lowest BCUT2D eigenvalue weighted by Gasteiger charge is -2.11. The number of nitrogens with one attached hydrogen (secondary N) is 2. The van der Waals surface area contributed by atoms with E-state index in [9.17, 15) is 9.59 Å². The van der Waals surface area contributed by atoms with Gasteiger partial charge in [-0.1, -0.05) is 6.07 Å². The van der Waals surface area contributed by atoms with Crippen LogP contribution in [0.15, 0.2) is 35.8 Å². The number of ketones is 1. The monoisotopic (exact) mass is 262 g/mol. The smallest absolute Gasteiger partial charge is 0.267 e. The lowest BCUT2D eigenvalue weighted by molar-refractivity contribution is 0.0916. The Kier molecular flexibility index (Phi) is 3.94. The lowest BCUT2D eigenvalue weighted by Crippen LogP contribution is -2.34. The summed E-state index contributed by atoms with van der Waals surface area (Å²) in [6.07, 6.45) is 2.00. The summed E-state index contributed by atoms with van der Waals surface area (Å²) in [4.78, 5) is 27.1. The van der Waals surface area contributed by atoms with Crippen LogP contribution in [0.1, 0.15) is 33.5 Å². The van der Waals surface area contributed by atoms with Gasteiger partial charge in [0.15, 0.2) is 5.78 Å². The van der Waals surface area contributed by atoms with Gasteiger partial charge in [0.2, 0.25) is 0 Å². The number of aromatic nitrogens is 1. The first kappa shape index (κ1) is 12.6. The van der Waals surface area contributed by atoms with Crippen molar-refractivity contribution < 1.29 is 9.59 Å². The van der Waals surface area contributed by atoms with Gasteiger partial charge in [-0.3, -0.25) is 9.59 Å². The van der Waals surface area contributed by atoms with Gasteiger partial charge in [0.25, 0.3) is 5.91 Å². The number of carbonyl (C=O) groups is 2. The Morgan fingerprint density at radius 3 is 2.83 bits per heavy atom. The maximum absolute atomic E-state index is 11.8. The maximum atomic E-state index is 11.8. The van der Waals surface area contributed by atoms with E-state index in [1.54, 1.807) is 24.4 Å². The molecule has 0 fully saturated rings. The van der Waals surface area contributed by atoms with Crippen molar-refractivity contribution in [2.45, 2.75) is 19.4 Å². The molecule has 1 atom stereocenters. The highest BCUT2D eigenvalue weighted by Crippen LogP contribution is 2.12. The molecular formula is C13H14N2O2S. The van der Waals surface area contributed by atoms with Gasteiger partial charge in [-0.25, -0.2) is 0 Å². The SMILES string of the molecule is C[C@@H](CC(=O)c1cccs1)NC(=O)c1ccc[nH]1. The molecule has 2 rings (SSSR count). The lowest BCUT2D eigenvalue weighted by atomic mass is 10.1. The van der Waals surface area contributed by atoms with Gasteiger partial charge in [-0.05, 0) is 30.5 Å². The van der Waals surface area contributed by atoms with E-state index in [1.807, 2.05) is 18.4 Å². The normalized spacial score (nSPS) is 12.1. The third kappa shape index (κ3) is 3.07. The fourth-order valence-corrected chi connectivity index (χ4v) is 2.32. The maximum Gasteiger partial charge on any atom is 0.267 e. The van der Waals surface area contributed by atoms with Gasteiger partial charge in [0, 0.05) is 18.7 Å². The first-order valence-electron chi connectivity index (χ1n) is 5.68. The Bertz CT molecular complexity index is 469. The van der Waals surface area contributed by atoms with Crippen molar-refractivity contribution in [3.8, 4) is 0 Å². The predicted octanol–water partition coefficient (Wildman–Crippen LogP) is 2.47. The summed E-state index contributed by atoms with van der Waals surface area (Å²) in [6.45, 7) is 1.83. The van der Waals surface area contributed by atoms with Crippen LogP contribution in [0.5, 0.6) is 0 Å². The average Bonchev–Trinajstić information content (AvgIpc) is 3.02. The molecule has 0 aromatic carbocycles.